The molecule has 2 N–H and O–H groups in total. The lowest BCUT2D eigenvalue weighted by atomic mass is 9.86. The van der Waals surface area contributed by atoms with Gasteiger partial charge in [0.1, 0.15) is 17.4 Å². The topological polar surface area (TPSA) is 84.1 Å². The number of anilines is 1. The van der Waals surface area contributed by atoms with E-state index < -0.39 is 5.92 Å². The predicted molar refractivity (Wildman–Crippen MR) is 123 cm³/mol. The van der Waals surface area contributed by atoms with Crippen molar-refractivity contribution in [1.82, 2.24) is 9.97 Å². The second kappa shape index (κ2) is 9.99. The first kappa shape index (κ1) is 22.1. The van der Waals surface area contributed by atoms with Crippen LogP contribution in [-0.4, -0.2) is 22.5 Å². The number of carbonyl (C=O) groups is 1. The number of hydrogen-bond acceptors (Lipinski definition) is 5. The monoisotopic (exact) mass is 453 g/mol. The van der Waals surface area contributed by atoms with E-state index in [-0.39, 0.29) is 29.5 Å². The van der Waals surface area contributed by atoms with Crippen LogP contribution in [0.1, 0.15) is 48.8 Å². The normalized spacial score (nSPS) is 15.2. The van der Waals surface area contributed by atoms with Gasteiger partial charge in [-0.25, -0.2) is 9.37 Å². The quantitative estimate of drug-likeness (QED) is 0.289. The van der Waals surface area contributed by atoms with Gasteiger partial charge in [0.15, 0.2) is 5.16 Å². The van der Waals surface area contributed by atoms with Crippen LogP contribution in [0, 0.1) is 5.82 Å². The van der Waals surface area contributed by atoms with Crippen molar-refractivity contribution in [3.05, 3.63) is 81.4 Å². The van der Waals surface area contributed by atoms with Gasteiger partial charge in [0.2, 0.25) is 5.91 Å². The fourth-order valence-corrected chi connectivity index (χ4v) is 4.46. The van der Waals surface area contributed by atoms with E-state index in [2.05, 4.69) is 22.2 Å². The third-order valence-electron chi connectivity index (χ3n) is 5.27. The maximum Gasteiger partial charge on any atom is 0.257 e. The highest BCUT2D eigenvalue weighted by atomic mass is 32.2. The summed E-state index contributed by atoms with van der Waals surface area (Å²) >= 11 is 1.32. The van der Waals surface area contributed by atoms with E-state index in [0.29, 0.717) is 28.8 Å². The van der Waals surface area contributed by atoms with Gasteiger partial charge in [0.05, 0.1) is 12.2 Å². The second-order valence-electron chi connectivity index (χ2n) is 7.59. The van der Waals surface area contributed by atoms with Crippen LogP contribution in [0.5, 0.6) is 5.75 Å². The van der Waals surface area contributed by atoms with Crippen molar-refractivity contribution in [1.29, 1.82) is 0 Å². The van der Waals surface area contributed by atoms with Gasteiger partial charge >= 0.3 is 0 Å². The number of carbonyl (C=O) groups excluding carboxylic acids is 1. The number of amides is 1. The van der Waals surface area contributed by atoms with E-state index in [1.54, 1.807) is 12.1 Å². The molecule has 0 radical (unpaired) electrons. The molecule has 1 aliphatic heterocycles. The third kappa shape index (κ3) is 5.02. The number of aromatic amines is 1. The number of ether oxygens (including phenoxy) is 1. The fourth-order valence-electron chi connectivity index (χ4n) is 3.64. The molecule has 166 valence electrons. The highest BCUT2D eigenvalue weighted by molar-refractivity contribution is 7.98. The van der Waals surface area contributed by atoms with E-state index in [0.717, 1.165) is 24.0 Å². The average Bonchev–Trinajstić information content (AvgIpc) is 2.78. The summed E-state index contributed by atoms with van der Waals surface area (Å²) in [5, 5.41) is 3.14. The Hall–Kier alpha value is -3.13. The lowest BCUT2D eigenvalue weighted by molar-refractivity contribution is -0.116. The number of unbranched alkanes of at least 4 members (excludes halogenated alkanes) is 1. The van der Waals surface area contributed by atoms with Crippen LogP contribution in [0.2, 0.25) is 0 Å². The van der Waals surface area contributed by atoms with E-state index in [1.807, 2.05) is 24.3 Å². The molecule has 32 heavy (non-hydrogen) atoms. The number of thioether (sulfide) groups is 1. The lowest BCUT2D eigenvalue weighted by Crippen LogP contribution is -2.31. The molecule has 1 atom stereocenters. The standard InChI is InChI=1S/C24H24FN3O3S/c1-2-3-12-31-19-7-5-4-6-17(19)18-13-20(29)26-22-21(18)23(30)28-24(27-22)32-14-15-8-10-16(25)11-9-15/h4-11,18H,2-3,12-14H2,1H3,(H2,26,27,28,29,30)/t18-/m1/s1. The molecule has 1 aliphatic rings. The Labute approximate surface area is 189 Å². The zero-order valence-electron chi connectivity index (χ0n) is 17.7. The van der Waals surface area contributed by atoms with Crippen LogP contribution in [0.3, 0.4) is 0 Å². The molecule has 0 aliphatic carbocycles. The van der Waals surface area contributed by atoms with Crippen molar-refractivity contribution in [2.75, 3.05) is 11.9 Å². The Balaban J connectivity index is 1.62. The largest absolute Gasteiger partial charge is 0.493 e. The maximum absolute atomic E-state index is 13.1. The first-order valence-electron chi connectivity index (χ1n) is 10.6. The number of fused-ring (bicyclic) bond motifs is 1. The minimum atomic E-state index is -0.441. The molecule has 4 rings (SSSR count). The molecule has 1 aromatic heterocycles. The summed E-state index contributed by atoms with van der Waals surface area (Å²) in [6, 6.07) is 13.7. The number of para-hydroxylation sites is 1. The van der Waals surface area contributed by atoms with E-state index in [1.165, 1.54) is 23.9 Å². The first-order chi connectivity index (χ1) is 15.5. The molecule has 2 heterocycles. The zero-order chi connectivity index (χ0) is 22.5. The molecule has 1 amide bonds. The van der Waals surface area contributed by atoms with Crippen LogP contribution in [-0.2, 0) is 10.5 Å². The van der Waals surface area contributed by atoms with Crippen molar-refractivity contribution in [3.63, 3.8) is 0 Å². The number of hydrogen-bond donors (Lipinski definition) is 2. The average molecular weight is 454 g/mol. The van der Waals surface area contributed by atoms with Gasteiger partial charge in [-0.3, -0.25) is 9.59 Å². The van der Waals surface area contributed by atoms with E-state index in [4.69, 9.17) is 4.74 Å². The molecule has 0 spiro atoms. The number of aromatic nitrogens is 2. The minimum Gasteiger partial charge on any atom is -0.493 e. The summed E-state index contributed by atoms with van der Waals surface area (Å²) in [6.07, 6.45) is 2.08. The summed E-state index contributed by atoms with van der Waals surface area (Å²) in [4.78, 5) is 32.9. The number of rotatable bonds is 8. The number of halogens is 1. The van der Waals surface area contributed by atoms with Gasteiger partial charge in [0.25, 0.3) is 5.56 Å². The van der Waals surface area contributed by atoms with Gasteiger partial charge in [-0.1, -0.05) is 55.4 Å². The van der Waals surface area contributed by atoms with Crippen LogP contribution < -0.4 is 15.6 Å². The van der Waals surface area contributed by atoms with Crippen LogP contribution >= 0.6 is 11.8 Å². The smallest absolute Gasteiger partial charge is 0.257 e. The van der Waals surface area contributed by atoms with Crippen LogP contribution in [0.25, 0.3) is 0 Å². The van der Waals surface area contributed by atoms with Gasteiger partial charge < -0.3 is 15.0 Å². The summed E-state index contributed by atoms with van der Waals surface area (Å²) in [5.74, 6) is 0.530. The SMILES string of the molecule is CCCCOc1ccccc1[C@H]1CC(=O)Nc2nc(SCc3ccc(F)cc3)[nH]c(=O)c21. The first-order valence-corrected chi connectivity index (χ1v) is 11.6. The highest BCUT2D eigenvalue weighted by Crippen LogP contribution is 2.38. The Bertz CT molecular complexity index is 1160. The van der Waals surface area contributed by atoms with Crippen LogP contribution in [0.15, 0.2) is 58.5 Å². The Morgan fingerprint density at radius 1 is 1.16 bits per heavy atom. The molecule has 0 unspecified atom stereocenters. The molecule has 8 heteroatoms. The van der Waals surface area contributed by atoms with Crippen LogP contribution in [0.4, 0.5) is 10.2 Å². The summed E-state index contributed by atoms with van der Waals surface area (Å²) < 4.78 is 19.0. The molecule has 0 bridgehead atoms. The summed E-state index contributed by atoms with van der Waals surface area (Å²) in [6.45, 7) is 2.67. The van der Waals surface area contributed by atoms with Crippen molar-refractivity contribution in [3.8, 4) is 5.75 Å². The molecule has 6 nitrogen and oxygen atoms in total. The molecule has 0 saturated heterocycles. The van der Waals surface area contributed by atoms with E-state index in [9.17, 15) is 14.0 Å². The fraction of sp³-hybridized carbons (Fsp3) is 0.292. The molecule has 0 saturated carbocycles. The Kier molecular flexibility index (Phi) is 6.90. The van der Waals surface area contributed by atoms with Crippen molar-refractivity contribution >= 4 is 23.5 Å². The molecule has 3 aromatic rings. The molecule has 2 aromatic carbocycles. The van der Waals surface area contributed by atoms with Gasteiger partial charge in [-0.2, -0.15) is 0 Å². The van der Waals surface area contributed by atoms with Gasteiger partial charge in [-0.05, 0) is 30.2 Å². The highest BCUT2D eigenvalue weighted by Gasteiger charge is 2.32. The Morgan fingerprint density at radius 2 is 1.94 bits per heavy atom. The second-order valence-corrected chi connectivity index (χ2v) is 8.56. The number of nitrogens with zero attached hydrogens (tertiary/aromatic N) is 1. The Morgan fingerprint density at radius 3 is 2.72 bits per heavy atom. The maximum atomic E-state index is 13.1. The van der Waals surface area contributed by atoms with Gasteiger partial charge in [0, 0.05) is 23.7 Å². The van der Waals surface area contributed by atoms with Gasteiger partial charge in [-0.15, -0.1) is 0 Å². The number of nitrogens with one attached hydrogen (secondary N) is 2. The van der Waals surface area contributed by atoms with Crippen molar-refractivity contribution in [2.45, 2.75) is 43.0 Å². The third-order valence-corrected chi connectivity index (χ3v) is 6.21. The van der Waals surface area contributed by atoms with Crippen molar-refractivity contribution < 1.29 is 13.9 Å². The summed E-state index contributed by atoms with van der Waals surface area (Å²) in [7, 11) is 0. The van der Waals surface area contributed by atoms with E-state index >= 15 is 0 Å². The molecular weight excluding hydrogens is 429 g/mol. The molecule has 0 fully saturated rings. The lowest BCUT2D eigenvalue weighted by Gasteiger charge is -2.26. The summed E-state index contributed by atoms with van der Waals surface area (Å²) in [5.41, 5.74) is 1.85. The molecular formula is C24H24FN3O3S. The van der Waals surface area contributed by atoms with Crippen molar-refractivity contribution in [2.24, 2.45) is 0 Å². The zero-order valence-corrected chi connectivity index (χ0v) is 18.5. The predicted octanol–water partition coefficient (Wildman–Crippen LogP) is 4.85. The number of H-pyrrole nitrogens is 1. The number of benzene rings is 2. The minimum absolute atomic E-state index is 0.147.